The van der Waals surface area contributed by atoms with Crippen LogP contribution < -0.4 is 0 Å². The van der Waals surface area contributed by atoms with Crippen molar-refractivity contribution in [3.63, 3.8) is 0 Å². The van der Waals surface area contributed by atoms with Gasteiger partial charge in [0.2, 0.25) is 12.1 Å². The Kier molecular flexibility index (Phi) is 3.46. The van der Waals surface area contributed by atoms with E-state index in [4.69, 9.17) is 5.11 Å². The molecule has 1 amide bonds. The number of aliphatic hydroxyl groups excluding tert-OH is 1. The molecule has 0 saturated carbocycles. The summed E-state index contributed by atoms with van der Waals surface area (Å²) in [5, 5.41) is 17.7. The average molecular weight is 201 g/mol. The number of aliphatic hydroxyl groups is 1. The molecule has 1 heterocycles. The minimum absolute atomic E-state index is 0.196. The first-order valence-electron chi connectivity index (χ1n) is 4.76. The molecule has 0 bridgehead atoms. The molecule has 80 valence electrons. The monoisotopic (exact) mass is 201 g/mol. The summed E-state index contributed by atoms with van der Waals surface area (Å²) in [6.45, 7) is 2.38. The quantitative estimate of drug-likeness (QED) is 0.673. The molecule has 0 aliphatic carbocycles. The highest BCUT2D eigenvalue weighted by Gasteiger charge is 2.35. The van der Waals surface area contributed by atoms with Crippen molar-refractivity contribution in [2.24, 2.45) is 5.92 Å². The number of carbonyl (C=O) groups excluding carboxylic acids is 1. The average Bonchev–Trinajstić information content (AvgIpc) is 2.46. The van der Waals surface area contributed by atoms with Crippen LogP contribution in [0.15, 0.2) is 0 Å². The van der Waals surface area contributed by atoms with E-state index in [1.807, 2.05) is 6.92 Å². The molecular weight excluding hydrogens is 186 g/mol. The summed E-state index contributed by atoms with van der Waals surface area (Å²) in [5.41, 5.74) is 0. The topological polar surface area (TPSA) is 77.8 Å². The van der Waals surface area contributed by atoms with E-state index in [-0.39, 0.29) is 11.8 Å². The van der Waals surface area contributed by atoms with Crippen LogP contribution in [0.3, 0.4) is 0 Å². The second-order valence-electron chi connectivity index (χ2n) is 3.62. The zero-order valence-electron chi connectivity index (χ0n) is 8.14. The van der Waals surface area contributed by atoms with Gasteiger partial charge in [-0.1, -0.05) is 13.3 Å². The van der Waals surface area contributed by atoms with Gasteiger partial charge in [0.25, 0.3) is 0 Å². The first kappa shape index (κ1) is 11.0. The summed E-state index contributed by atoms with van der Waals surface area (Å²) in [4.78, 5) is 22.8. The number of amides is 1. The molecule has 5 nitrogen and oxygen atoms in total. The van der Waals surface area contributed by atoms with Gasteiger partial charge in [0.05, 0.1) is 0 Å². The van der Waals surface area contributed by atoms with E-state index >= 15 is 0 Å². The van der Waals surface area contributed by atoms with Crippen LogP contribution in [-0.4, -0.2) is 39.8 Å². The Morgan fingerprint density at radius 3 is 2.86 bits per heavy atom. The second kappa shape index (κ2) is 4.41. The Morgan fingerprint density at radius 1 is 1.71 bits per heavy atom. The molecule has 1 aliphatic heterocycles. The minimum Gasteiger partial charge on any atom is -0.478 e. The van der Waals surface area contributed by atoms with Crippen molar-refractivity contribution in [2.45, 2.75) is 32.4 Å². The maximum Gasteiger partial charge on any atom is 0.354 e. The molecule has 2 N–H and O–H groups in total. The van der Waals surface area contributed by atoms with Crippen LogP contribution in [0.25, 0.3) is 0 Å². The molecule has 1 aliphatic rings. The molecule has 0 spiro atoms. The van der Waals surface area contributed by atoms with Crippen molar-refractivity contribution in [1.29, 1.82) is 0 Å². The van der Waals surface area contributed by atoms with Crippen molar-refractivity contribution in [3.05, 3.63) is 0 Å². The number of rotatable bonds is 4. The van der Waals surface area contributed by atoms with Crippen molar-refractivity contribution >= 4 is 11.9 Å². The maximum absolute atomic E-state index is 11.3. The van der Waals surface area contributed by atoms with Gasteiger partial charge in [-0.15, -0.1) is 0 Å². The van der Waals surface area contributed by atoms with Gasteiger partial charge in [0.1, 0.15) is 0 Å². The van der Waals surface area contributed by atoms with Gasteiger partial charge in [0.15, 0.2) is 0 Å². The second-order valence-corrected chi connectivity index (χ2v) is 3.62. The lowest BCUT2D eigenvalue weighted by Gasteiger charge is -2.19. The number of carbonyl (C=O) groups is 2. The highest BCUT2D eigenvalue weighted by atomic mass is 16.4. The van der Waals surface area contributed by atoms with Gasteiger partial charge in [-0.2, -0.15) is 0 Å². The van der Waals surface area contributed by atoms with Gasteiger partial charge in [-0.25, -0.2) is 4.79 Å². The Labute approximate surface area is 82.3 Å². The van der Waals surface area contributed by atoms with Gasteiger partial charge >= 0.3 is 5.97 Å². The SMILES string of the molecule is CCCC1CC(=O)N(C(O)C(=O)O)C1. The minimum atomic E-state index is -1.68. The molecule has 0 aromatic heterocycles. The number of nitrogens with zero attached hydrogens (tertiary/aromatic N) is 1. The summed E-state index contributed by atoms with van der Waals surface area (Å²) in [7, 11) is 0. The molecule has 0 aromatic rings. The van der Waals surface area contributed by atoms with Crippen molar-refractivity contribution in [3.8, 4) is 0 Å². The fraction of sp³-hybridized carbons (Fsp3) is 0.778. The highest BCUT2D eigenvalue weighted by molar-refractivity contribution is 5.84. The van der Waals surface area contributed by atoms with Gasteiger partial charge in [-0.3, -0.25) is 4.79 Å². The van der Waals surface area contributed by atoms with Crippen molar-refractivity contribution in [1.82, 2.24) is 4.90 Å². The molecule has 0 aromatic carbocycles. The number of likely N-dealkylation sites (tertiary alicyclic amines) is 1. The number of hydrogen-bond acceptors (Lipinski definition) is 3. The third-order valence-corrected chi connectivity index (χ3v) is 2.45. The predicted octanol–water partition coefficient (Wildman–Crippen LogP) is 0.0380. The summed E-state index contributed by atoms with van der Waals surface area (Å²) in [6.07, 6.45) is 0.547. The lowest BCUT2D eigenvalue weighted by Crippen LogP contribution is -2.42. The van der Waals surface area contributed by atoms with E-state index in [9.17, 15) is 14.7 Å². The third-order valence-electron chi connectivity index (χ3n) is 2.45. The first-order chi connectivity index (χ1) is 6.56. The molecule has 14 heavy (non-hydrogen) atoms. The number of carboxylic acids is 1. The van der Waals surface area contributed by atoms with Crippen LogP contribution in [0, 0.1) is 5.92 Å². The van der Waals surface area contributed by atoms with Crippen LogP contribution in [0.4, 0.5) is 0 Å². The molecule has 1 fully saturated rings. The Balaban J connectivity index is 2.56. The van der Waals surface area contributed by atoms with E-state index in [2.05, 4.69) is 0 Å². The lowest BCUT2D eigenvalue weighted by atomic mass is 10.0. The Bertz CT molecular complexity index is 241. The standard InChI is InChI=1S/C9H15NO4/c1-2-3-6-4-7(11)10(5-6)8(12)9(13)14/h6,8,12H,2-5H2,1H3,(H,13,14). The fourth-order valence-electron chi connectivity index (χ4n) is 1.78. The zero-order chi connectivity index (χ0) is 10.7. The van der Waals surface area contributed by atoms with E-state index in [0.717, 1.165) is 17.7 Å². The van der Waals surface area contributed by atoms with Crippen LogP contribution >= 0.6 is 0 Å². The lowest BCUT2D eigenvalue weighted by molar-refractivity contribution is -0.162. The summed E-state index contributed by atoms with van der Waals surface area (Å²) in [5.74, 6) is -1.43. The number of aliphatic carboxylic acids is 1. The highest BCUT2D eigenvalue weighted by Crippen LogP contribution is 2.23. The van der Waals surface area contributed by atoms with E-state index in [1.165, 1.54) is 0 Å². The van der Waals surface area contributed by atoms with E-state index in [1.54, 1.807) is 0 Å². The molecular formula is C9H15NO4. The Hall–Kier alpha value is -1.10. The number of carboxylic acid groups (broad SMARTS) is 1. The van der Waals surface area contributed by atoms with Crippen LogP contribution in [0.1, 0.15) is 26.2 Å². The zero-order valence-corrected chi connectivity index (χ0v) is 8.14. The molecule has 2 atom stereocenters. The van der Waals surface area contributed by atoms with E-state index in [0.29, 0.717) is 13.0 Å². The Morgan fingerprint density at radius 2 is 2.36 bits per heavy atom. The summed E-state index contributed by atoms with van der Waals surface area (Å²) >= 11 is 0. The number of hydrogen-bond donors (Lipinski definition) is 2. The van der Waals surface area contributed by atoms with Crippen LogP contribution in [0.2, 0.25) is 0 Å². The van der Waals surface area contributed by atoms with Crippen LogP contribution in [0.5, 0.6) is 0 Å². The smallest absolute Gasteiger partial charge is 0.354 e. The normalized spacial score (nSPS) is 24.0. The molecule has 5 heteroatoms. The van der Waals surface area contributed by atoms with Gasteiger partial charge < -0.3 is 15.1 Å². The molecule has 2 unspecified atom stereocenters. The molecule has 1 rings (SSSR count). The summed E-state index contributed by atoms with van der Waals surface area (Å²) in [6, 6.07) is 0. The maximum atomic E-state index is 11.3. The molecule has 1 saturated heterocycles. The fourth-order valence-corrected chi connectivity index (χ4v) is 1.78. The van der Waals surface area contributed by atoms with Crippen molar-refractivity contribution < 1.29 is 19.8 Å². The van der Waals surface area contributed by atoms with E-state index < -0.39 is 12.2 Å². The first-order valence-corrected chi connectivity index (χ1v) is 4.76. The van der Waals surface area contributed by atoms with Gasteiger partial charge in [-0.05, 0) is 12.3 Å². The molecule has 0 radical (unpaired) electrons. The largest absolute Gasteiger partial charge is 0.478 e. The van der Waals surface area contributed by atoms with Gasteiger partial charge in [0, 0.05) is 13.0 Å². The predicted molar refractivity (Wildman–Crippen MR) is 48.4 cm³/mol. The van der Waals surface area contributed by atoms with Crippen molar-refractivity contribution in [2.75, 3.05) is 6.54 Å². The van der Waals surface area contributed by atoms with Crippen LogP contribution in [-0.2, 0) is 9.59 Å². The summed E-state index contributed by atoms with van der Waals surface area (Å²) < 4.78 is 0. The third kappa shape index (κ3) is 2.23.